The highest BCUT2D eigenvalue weighted by atomic mass is 16.5. The molecule has 35 heavy (non-hydrogen) atoms. The molecule has 1 saturated heterocycles. The number of benzene rings is 1. The molecule has 0 amide bonds. The molecule has 0 bridgehead atoms. The fraction of sp³-hybridized carbons (Fsp3) is 0.333. The van der Waals surface area contributed by atoms with Gasteiger partial charge in [-0.25, -0.2) is 4.98 Å². The number of aromatic amines is 1. The van der Waals surface area contributed by atoms with E-state index in [1.54, 1.807) is 44.1 Å². The summed E-state index contributed by atoms with van der Waals surface area (Å²) in [5.41, 5.74) is 1.69. The van der Waals surface area contributed by atoms with Gasteiger partial charge in [-0.1, -0.05) is 6.07 Å². The number of rotatable bonds is 6. The standard InChI is InChI=1S/C27H30N4O4/c1-27(2,33)17-4-6-23(21(14-17)22-16-31(3)26(32)25-20(22)10-13-29-25)34-19-5-7-24(30-15-19)35-18-8-11-28-12-9-18/h4-7,10,13-16,18,28-29,33H,8-9,11-12H2,1-3H3. The number of hydrogen-bond donors (Lipinski definition) is 3. The Kier molecular flexibility index (Phi) is 6.08. The monoisotopic (exact) mass is 474 g/mol. The second-order valence-corrected chi connectivity index (χ2v) is 9.50. The molecule has 0 unspecified atom stereocenters. The Hall–Kier alpha value is -3.62. The van der Waals surface area contributed by atoms with Gasteiger partial charge < -0.3 is 29.4 Å². The van der Waals surface area contributed by atoms with Crippen molar-refractivity contribution in [1.82, 2.24) is 19.9 Å². The first-order valence-electron chi connectivity index (χ1n) is 11.8. The fourth-order valence-corrected chi connectivity index (χ4v) is 4.40. The maximum atomic E-state index is 12.6. The van der Waals surface area contributed by atoms with E-state index in [0.717, 1.165) is 48.0 Å². The Labute approximate surface area is 203 Å². The summed E-state index contributed by atoms with van der Waals surface area (Å²) in [6.45, 7) is 5.39. The van der Waals surface area contributed by atoms with E-state index in [1.807, 2.05) is 36.4 Å². The number of aryl methyl sites for hydroxylation is 1. The zero-order chi connectivity index (χ0) is 24.6. The van der Waals surface area contributed by atoms with Crippen LogP contribution in [0.1, 0.15) is 32.3 Å². The smallest absolute Gasteiger partial charge is 0.274 e. The summed E-state index contributed by atoms with van der Waals surface area (Å²) in [6, 6.07) is 11.1. The van der Waals surface area contributed by atoms with E-state index in [4.69, 9.17) is 9.47 Å². The minimum atomic E-state index is -1.04. The lowest BCUT2D eigenvalue weighted by Crippen LogP contribution is -2.34. The van der Waals surface area contributed by atoms with Gasteiger partial charge in [-0.3, -0.25) is 4.79 Å². The molecule has 4 heterocycles. The maximum Gasteiger partial charge on any atom is 0.274 e. The summed E-state index contributed by atoms with van der Waals surface area (Å²) < 4.78 is 13.8. The van der Waals surface area contributed by atoms with Gasteiger partial charge in [0.2, 0.25) is 5.88 Å². The number of ether oxygens (including phenoxy) is 2. The SMILES string of the molecule is Cn1cc(-c2cc(C(C)(C)O)ccc2Oc2ccc(OC3CCNCC3)nc2)c2cc[nH]c2c1=O. The second kappa shape index (κ2) is 9.20. The maximum absolute atomic E-state index is 12.6. The first kappa shape index (κ1) is 23.1. The summed E-state index contributed by atoms with van der Waals surface area (Å²) in [5, 5.41) is 14.8. The quantitative estimate of drug-likeness (QED) is 0.389. The molecule has 4 aromatic rings. The molecule has 5 rings (SSSR count). The van der Waals surface area contributed by atoms with Crippen molar-refractivity contribution in [1.29, 1.82) is 0 Å². The number of nitrogens with zero attached hydrogens (tertiary/aromatic N) is 2. The number of piperidine rings is 1. The zero-order valence-corrected chi connectivity index (χ0v) is 20.2. The van der Waals surface area contributed by atoms with Crippen LogP contribution in [0.25, 0.3) is 22.0 Å². The van der Waals surface area contributed by atoms with Crippen LogP contribution in [0.3, 0.4) is 0 Å². The van der Waals surface area contributed by atoms with Crippen LogP contribution in [0.15, 0.2) is 59.8 Å². The molecular formula is C27H30N4O4. The van der Waals surface area contributed by atoms with E-state index in [0.29, 0.717) is 22.9 Å². The van der Waals surface area contributed by atoms with Crippen molar-refractivity contribution in [3.8, 4) is 28.5 Å². The van der Waals surface area contributed by atoms with Gasteiger partial charge in [0.1, 0.15) is 23.1 Å². The summed E-state index contributed by atoms with van der Waals surface area (Å²) in [7, 11) is 1.72. The molecular weight excluding hydrogens is 444 g/mol. The molecule has 0 aliphatic carbocycles. The van der Waals surface area contributed by atoms with Gasteiger partial charge in [0.05, 0.1) is 11.8 Å². The lowest BCUT2D eigenvalue weighted by Gasteiger charge is -2.23. The van der Waals surface area contributed by atoms with Crippen LogP contribution < -0.4 is 20.3 Å². The molecule has 1 aliphatic heterocycles. The molecule has 0 spiro atoms. The molecule has 3 aromatic heterocycles. The summed E-state index contributed by atoms with van der Waals surface area (Å²) in [4.78, 5) is 20.1. The van der Waals surface area contributed by atoms with Gasteiger partial charge in [0, 0.05) is 42.0 Å². The van der Waals surface area contributed by atoms with Crippen LogP contribution in [0.4, 0.5) is 0 Å². The van der Waals surface area contributed by atoms with E-state index in [9.17, 15) is 9.90 Å². The zero-order valence-electron chi connectivity index (χ0n) is 20.2. The van der Waals surface area contributed by atoms with Crippen molar-refractivity contribution in [3.05, 3.63) is 70.9 Å². The van der Waals surface area contributed by atoms with Gasteiger partial charge in [-0.05, 0) is 69.6 Å². The van der Waals surface area contributed by atoms with Gasteiger partial charge in [0.15, 0.2) is 0 Å². The third kappa shape index (κ3) is 4.80. The average Bonchev–Trinajstić information content (AvgIpc) is 3.33. The molecule has 8 nitrogen and oxygen atoms in total. The van der Waals surface area contributed by atoms with Crippen molar-refractivity contribution in [3.63, 3.8) is 0 Å². The van der Waals surface area contributed by atoms with E-state index < -0.39 is 5.60 Å². The van der Waals surface area contributed by atoms with E-state index in [1.165, 1.54) is 0 Å². The van der Waals surface area contributed by atoms with Crippen LogP contribution in [-0.2, 0) is 12.6 Å². The lowest BCUT2D eigenvalue weighted by atomic mass is 9.93. The highest BCUT2D eigenvalue weighted by molar-refractivity contribution is 5.96. The largest absolute Gasteiger partial charge is 0.474 e. The first-order valence-corrected chi connectivity index (χ1v) is 11.8. The number of H-pyrrole nitrogens is 1. The van der Waals surface area contributed by atoms with Crippen LogP contribution in [0.2, 0.25) is 0 Å². The number of aromatic nitrogens is 3. The number of pyridine rings is 2. The van der Waals surface area contributed by atoms with Gasteiger partial charge >= 0.3 is 0 Å². The lowest BCUT2D eigenvalue weighted by molar-refractivity contribution is 0.0786. The highest BCUT2D eigenvalue weighted by Crippen LogP contribution is 2.39. The predicted molar refractivity (Wildman–Crippen MR) is 135 cm³/mol. The Morgan fingerprint density at radius 1 is 1.11 bits per heavy atom. The molecule has 1 aliphatic rings. The highest BCUT2D eigenvalue weighted by Gasteiger charge is 2.21. The van der Waals surface area contributed by atoms with Crippen LogP contribution in [0, 0.1) is 0 Å². The van der Waals surface area contributed by atoms with Gasteiger partial charge in [-0.15, -0.1) is 0 Å². The second-order valence-electron chi connectivity index (χ2n) is 9.50. The molecule has 1 fully saturated rings. The minimum Gasteiger partial charge on any atom is -0.474 e. The number of aliphatic hydroxyl groups is 1. The number of hydrogen-bond acceptors (Lipinski definition) is 6. The molecule has 8 heteroatoms. The Bertz CT molecular complexity index is 1390. The topological polar surface area (TPSA) is 101 Å². The molecule has 1 aromatic carbocycles. The number of fused-ring (bicyclic) bond motifs is 1. The molecule has 0 saturated carbocycles. The van der Waals surface area contributed by atoms with Crippen LogP contribution in [0.5, 0.6) is 17.4 Å². The minimum absolute atomic E-state index is 0.108. The fourth-order valence-electron chi connectivity index (χ4n) is 4.40. The van der Waals surface area contributed by atoms with E-state index in [-0.39, 0.29) is 11.7 Å². The predicted octanol–water partition coefficient (Wildman–Crippen LogP) is 4.08. The van der Waals surface area contributed by atoms with Crippen LogP contribution >= 0.6 is 0 Å². The normalized spacial score (nSPS) is 14.9. The van der Waals surface area contributed by atoms with Gasteiger partial charge in [-0.2, -0.15) is 0 Å². The van der Waals surface area contributed by atoms with Crippen molar-refractivity contribution in [2.24, 2.45) is 7.05 Å². The third-order valence-electron chi connectivity index (χ3n) is 6.38. The molecule has 0 atom stereocenters. The van der Waals surface area contributed by atoms with Crippen molar-refractivity contribution in [2.45, 2.75) is 38.4 Å². The summed E-state index contributed by atoms with van der Waals surface area (Å²) in [6.07, 6.45) is 7.29. The van der Waals surface area contributed by atoms with Gasteiger partial charge in [0.25, 0.3) is 5.56 Å². The molecule has 3 N–H and O–H groups in total. The third-order valence-corrected chi connectivity index (χ3v) is 6.38. The van der Waals surface area contributed by atoms with Crippen LogP contribution in [-0.4, -0.2) is 38.8 Å². The van der Waals surface area contributed by atoms with E-state index in [2.05, 4.69) is 15.3 Å². The Morgan fingerprint density at radius 2 is 1.91 bits per heavy atom. The van der Waals surface area contributed by atoms with E-state index >= 15 is 0 Å². The van der Waals surface area contributed by atoms with Crippen molar-refractivity contribution in [2.75, 3.05) is 13.1 Å². The molecule has 0 radical (unpaired) electrons. The first-order chi connectivity index (χ1) is 16.8. The Balaban J connectivity index is 1.51. The summed E-state index contributed by atoms with van der Waals surface area (Å²) in [5.74, 6) is 1.73. The summed E-state index contributed by atoms with van der Waals surface area (Å²) >= 11 is 0. The molecule has 182 valence electrons. The average molecular weight is 475 g/mol. The number of nitrogens with one attached hydrogen (secondary N) is 2. The Morgan fingerprint density at radius 3 is 2.63 bits per heavy atom. The van der Waals surface area contributed by atoms with Crippen molar-refractivity contribution < 1.29 is 14.6 Å². The van der Waals surface area contributed by atoms with Crippen molar-refractivity contribution >= 4 is 10.9 Å².